The first-order valence-corrected chi connectivity index (χ1v) is 7.78. The molecule has 1 aliphatic rings. The first-order chi connectivity index (χ1) is 9.83. The van der Waals surface area contributed by atoms with Crippen molar-refractivity contribution in [1.82, 2.24) is 19.7 Å². The van der Waals surface area contributed by atoms with Crippen molar-refractivity contribution in [2.24, 2.45) is 0 Å². The van der Waals surface area contributed by atoms with E-state index in [0.29, 0.717) is 6.54 Å². The number of unbranched alkanes of at least 4 members (excludes halogenated alkanes) is 1. The molecule has 0 fully saturated rings. The molecule has 0 spiro atoms. The van der Waals surface area contributed by atoms with Crippen LogP contribution in [-0.4, -0.2) is 40.7 Å². The van der Waals surface area contributed by atoms with Crippen LogP contribution in [-0.2, 0) is 24.2 Å². The highest BCUT2D eigenvalue weighted by atomic mass is 16.5. The molecule has 0 saturated carbocycles. The van der Waals surface area contributed by atoms with Crippen LogP contribution in [0.3, 0.4) is 0 Å². The van der Waals surface area contributed by atoms with Crippen molar-refractivity contribution in [3.63, 3.8) is 0 Å². The summed E-state index contributed by atoms with van der Waals surface area (Å²) in [5.74, 6) is 0.956. The van der Waals surface area contributed by atoms with Gasteiger partial charge in [0.15, 0.2) is 0 Å². The summed E-state index contributed by atoms with van der Waals surface area (Å²) in [4.78, 5) is 12.1. The molecule has 1 aliphatic heterocycles. The van der Waals surface area contributed by atoms with Crippen molar-refractivity contribution >= 4 is 0 Å². The fourth-order valence-corrected chi connectivity index (χ4v) is 2.50. The van der Waals surface area contributed by atoms with Crippen LogP contribution in [0, 0.1) is 0 Å². The highest BCUT2D eigenvalue weighted by Crippen LogP contribution is 2.08. The largest absolute Gasteiger partial charge is 0.382 e. The molecule has 0 saturated heterocycles. The molecule has 0 atom stereocenters. The number of fused-ring (bicyclic) bond motifs is 1. The second-order valence-electron chi connectivity index (χ2n) is 5.18. The minimum atomic E-state index is 0.0536. The minimum Gasteiger partial charge on any atom is -0.382 e. The Bertz CT molecular complexity index is 453. The highest BCUT2D eigenvalue weighted by Gasteiger charge is 2.15. The van der Waals surface area contributed by atoms with Crippen LogP contribution in [0.4, 0.5) is 0 Å². The van der Waals surface area contributed by atoms with Gasteiger partial charge in [0.2, 0.25) is 0 Å². The fraction of sp³-hybridized carbons (Fsp3) is 0.857. The van der Waals surface area contributed by atoms with Gasteiger partial charge in [-0.2, -0.15) is 5.10 Å². The van der Waals surface area contributed by atoms with Crippen molar-refractivity contribution in [3.8, 4) is 0 Å². The Hall–Kier alpha value is -1.14. The Labute approximate surface area is 120 Å². The van der Waals surface area contributed by atoms with Gasteiger partial charge in [0.25, 0.3) is 0 Å². The number of hydrogen-bond acceptors (Lipinski definition) is 4. The highest BCUT2D eigenvalue weighted by molar-refractivity contribution is 4.91. The van der Waals surface area contributed by atoms with E-state index < -0.39 is 0 Å². The lowest BCUT2D eigenvalue weighted by molar-refractivity contribution is 0.143. The molecule has 0 aliphatic carbocycles. The Morgan fingerprint density at radius 2 is 2.20 bits per heavy atom. The summed E-state index contributed by atoms with van der Waals surface area (Å²) >= 11 is 0. The van der Waals surface area contributed by atoms with E-state index in [1.807, 2.05) is 11.5 Å². The Morgan fingerprint density at radius 1 is 1.30 bits per heavy atom. The van der Waals surface area contributed by atoms with Crippen molar-refractivity contribution in [1.29, 1.82) is 0 Å². The lowest BCUT2D eigenvalue weighted by Gasteiger charge is -2.09. The third-order valence-electron chi connectivity index (χ3n) is 3.63. The van der Waals surface area contributed by atoms with Crippen molar-refractivity contribution in [2.45, 2.75) is 52.1 Å². The van der Waals surface area contributed by atoms with Crippen LogP contribution in [0.5, 0.6) is 0 Å². The fourth-order valence-electron chi connectivity index (χ4n) is 2.50. The SMILES string of the molecule is CCOCCCCNCCn1nc2n(c1=O)CCCC2. The molecule has 0 bridgehead atoms. The van der Waals surface area contributed by atoms with Crippen molar-refractivity contribution in [3.05, 3.63) is 16.3 Å². The van der Waals surface area contributed by atoms with Gasteiger partial charge in [0.1, 0.15) is 5.82 Å². The van der Waals surface area contributed by atoms with E-state index in [1.165, 1.54) is 0 Å². The Balaban J connectivity index is 1.65. The predicted molar refractivity (Wildman–Crippen MR) is 78.0 cm³/mol. The normalized spacial score (nSPS) is 14.4. The quantitative estimate of drug-likeness (QED) is 0.680. The topological polar surface area (TPSA) is 61.1 Å². The van der Waals surface area contributed by atoms with Crippen LogP contribution in [0.25, 0.3) is 0 Å². The maximum atomic E-state index is 12.1. The maximum Gasteiger partial charge on any atom is 0.345 e. The molecule has 0 unspecified atom stereocenters. The van der Waals surface area contributed by atoms with E-state index in [9.17, 15) is 4.79 Å². The van der Waals surface area contributed by atoms with Gasteiger partial charge in [0.05, 0.1) is 6.54 Å². The molecule has 20 heavy (non-hydrogen) atoms. The molecular formula is C14H26N4O2. The number of rotatable bonds is 9. The predicted octanol–water partition coefficient (Wildman–Crippen LogP) is 0.787. The molecular weight excluding hydrogens is 256 g/mol. The van der Waals surface area contributed by atoms with Gasteiger partial charge >= 0.3 is 5.69 Å². The van der Waals surface area contributed by atoms with Gasteiger partial charge in [-0.3, -0.25) is 4.57 Å². The molecule has 6 nitrogen and oxygen atoms in total. The van der Waals surface area contributed by atoms with Gasteiger partial charge in [0, 0.05) is 32.7 Å². The van der Waals surface area contributed by atoms with E-state index in [1.54, 1.807) is 4.68 Å². The maximum absolute atomic E-state index is 12.1. The standard InChI is InChI=1S/C14H26N4O2/c1-2-20-12-6-4-8-15-9-11-18-14(19)17-10-5-3-7-13(17)16-18/h15H,2-12H2,1H3. The van der Waals surface area contributed by atoms with E-state index in [-0.39, 0.29) is 5.69 Å². The monoisotopic (exact) mass is 282 g/mol. The van der Waals surface area contributed by atoms with E-state index in [0.717, 1.165) is 70.8 Å². The molecule has 1 aromatic heterocycles. The van der Waals surface area contributed by atoms with Gasteiger partial charge in [-0.1, -0.05) is 0 Å². The molecule has 2 heterocycles. The Kier molecular flexibility index (Phi) is 6.26. The molecule has 1 aromatic rings. The third-order valence-corrected chi connectivity index (χ3v) is 3.63. The van der Waals surface area contributed by atoms with Crippen LogP contribution in [0.15, 0.2) is 4.79 Å². The zero-order valence-electron chi connectivity index (χ0n) is 12.4. The summed E-state index contributed by atoms with van der Waals surface area (Å²) < 4.78 is 8.72. The zero-order chi connectivity index (χ0) is 14.2. The van der Waals surface area contributed by atoms with Gasteiger partial charge in [-0.15, -0.1) is 0 Å². The first-order valence-electron chi connectivity index (χ1n) is 7.78. The summed E-state index contributed by atoms with van der Waals surface area (Å²) in [7, 11) is 0. The summed E-state index contributed by atoms with van der Waals surface area (Å²) in [6.07, 6.45) is 5.37. The zero-order valence-corrected chi connectivity index (χ0v) is 12.4. The minimum absolute atomic E-state index is 0.0536. The molecule has 2 rings (SSSR count). The lowest BCUT2D eigenvalue weighted by Crippen LogP contribution is -2.30. The smallest absolute Gasteiger partial charge is 0.345 e. The summed E-state index contributed by atoms with van der Waals surface area (Å²) in [5.41, 5.74) is 0.0536. The molecule has 0 radical (unpaired) electrons. The first kappa shape index (κ1) is 15.3. The van der Waals surface area contributed by atoms with Crippen LogP contribution >= 0.6 is 0 Å². The third kappa shape index (κ3) is 4.18. The summed E-state index contributed by atoms with van der Waals surface area (Å²) in [5, 5.41) is 7.77. The molecule has 6 heteroatoms. The van der Waals surface area contributed by atoms with Crippen LogP contribution in [0.2, 0.25) is 0 Å². The molecule has 0 amide bonds. The molecule has 114 valence electrons. The van der Waals surface area contributed by atoms with E-state index >= 15 is 0 Å². The average Bonchev–Trinajstić information content (AvgIpc) is 2.79. The molecule has 1 N–H and O–H groups in total. The van der Waals surface area contributed by atoms with Gasteiger partial charge in [-0.05, 0) is 39.2 Å². The van der Waals surface area contributed by atoms with E-state index in [4.69, 9.17) is 4.74 Å². The van der Waals surface area contributed by atoms with Gasteiger partial charge in [-0.25, -0.2) is 9.48 Å². The van der Waals surface area contributed by atoms with Crippen LogP contribution < -0.4 is 11.0 Å². The number of aromatic nitrogens is 3. The van der Waals surface area contributed by atoms with Crippen molar-refractivity contribution < 1.29 is 4.74 Å². The number of ether oxygens (including phenoxy) is 1. The molecule has 0 aromatic carbocycles. The lowest BCUT2D eigenvalue weighted by atomic mass is 10.2. The van der Waals surface area contributed by atoms with Crippen LogP contribution in [0.1, 0.15) is 38.4 Å². The van der Waals surface area contributed by atoms with Gasteiger partial charge < -0.3 is 10.1 Å². The number of nitrogens with zero attached hydrogens (tertiary/aromatic N) is 3. The number of hydrogen-bond donors (Lipinski definition) is 1. The van der Waals surface area contributed by atoms with Crippen molar-refractivity contribution in [2.75, 3.05) is 26.3 Å². The second-order valence-corrected chi connectivity index (χ2v) is 5.18. The summed E-state index contributed by atoms with van der Waals surface area (Å²) in [6.45, 7) is 6.90. The Morgan fingerprint density at radius 3 is 3.00 bits per heavy atom. The summed E-state index contributed by atoms with van der Waals surface area (Å²) in [6, 6.07) is 0. The second kappa shape index (κ2) is 8.21. The number of aryl methyl sites for hydroxylation is 1. The van der Waals surface area contributed by atoms with E-state index in [2.05, 4.69) is 10.4 Å². The number of nitrogens with one attached hydrogen (secondary N) is 1. The average molecular weight is 282 g/mol.